The molecule has 0 unspecified atom stereocenters. The molecule has 0 N–H and O–H groups in total. The smallest absolute Gasteiger partial charge is 0.334 e. The van der Waals surface area contributed by atoms with Crippen molar-refractivity contribution in [1.82, 2.24) is 0 Å². The van der Waals surface area contributed by atoms with Crippen LogP contribution in [0.2, 0.25) is 0 Å². The topological polar surface area (TPSA) is 26.3 Å². The quantitative estimate of drug-likeness (QED) is 0.773. The summed E-state index contributed by atoms with van der Waals surface area (Å²) in [5, 5.41) is 0. The first kappa shape index (κ1) is 13.4. The van der Waals surface area contributed by atoms with E-state index in [0.717, 1.165) is 22.3 Å². The van der Waals surface area contributed by atoms with Crippen LogP contribution in [0.1, 0.15) is 23.1 Å². The van der Waals surface area contributed by atoms with E-state index in [9.17, 15) is 4.79 Å². The van der Waals surface area contributed by atoms with E-state index in [1.165, 1.54) is 7.11 Å². The van der Waals surface area contributed by atoms with Gasteiger partial charge in [0.05, 0.1) is 7.11 Å². The minimum absolute atomic E-state index is 0.268. The average Bonchev–Trinajstić information content (AvgIpc) is 2.74. The van der Waals surface area contributed by atoms with E-state index in [2.05, 4.69) is 24.3 Å². The predicted octanol–water partition coefficient (Wildman–Crippen LogP) is 4.08. The summed E-state index contributed by atoms with van der Waals surface area (Å²) in [7, 11) is 1.42. The molecule has 0 heterocycles. The minimum Gasteiger partial charge on any atom is -0.466 e. The first-order valence-electron chi connectivity index (χ1n) is 6.93. The van der Waals surface area contributed by atoms with Crippen LogP contribution in [-0.4, -0.2) is 13.1 Å². The van der Waals surface area contributed by atoms with Crippen LogP contribution in [0.25, 0.3) is 11.6 Å². The highest BCUT2D eigenvalue weighted by molar-refractivity contribution is 5.97. The fourth-order valence-corrected chi connectivity index (χ4v) is 2.60. The molecule has 0 saturated carbocycles. The number of hydrogen-bond acceptors (Lipinski definition) is 2. The first-order chi connectivity index (χ1) is 10.3. The van der Waals surface area contributed by atoms with Crippen molar-refractivity contribution in [2.24, 2.45) is 0 Å². The second kappa shape index (κ2) is 5.80. The van der Waals surface area contributed by atoms with Crippen molar-refractivity contribution in [3.8, 4) is 0 Å². The number of hydrogen-bond donors (Lipinski definition) is 0. The van der Waals surface area contributed by atoms with Crippen molar-refractivity contribution >= 4 is 17.6 Å². The second-order valence-electron chi connectivity index (χ2n) is 4.94. The van der Waals surface area contributed by atoms with Crippen molar-refractivity contribution in [1.29, 1.82) is 0 Å². The van der Waals surface area contributed by atoms with Gasteiger partial charge in [0.25, 0.3) is 0 Å². The molecule has 1 aliphatic rings. The monoisotopic (exact) mass is 276 g/mol. The first-order valence-corrected chi connectivity index (χ1v) is 6.93. The zero-order chi connectivity index (χ0) is 14.7. The molecular formula is C19H16O2. The summed E-state index contributed by atoms with van der Waals surface area (Å²) >= 11 is 0. The largest absolute Gasteiger partial charge is 0.466 e. The van der Waals surface area contributed by atoms with Gasteiger partial charge in [0, 0.05) is 5.57 Å². The van der Waals surface area contributed by atoms with Crippen LogP contribution < -0.4 is 0 Å². The lowest BCUT2D eigenvalue weighted by Gasteiger charge is -2.10. The number of fused-ring (bicyclic) bond motifs is 1. The highest BCUT2D eigenvalue weighted by Gasteiger charge is 2.16. The molecule has 2 aromatic carbocycles. The zero-order valence-corrected chi connectivity index (χ0v) is 11.9. The van der Waals surface area contributed by atoms with E-state index in [1.54, 1.807) is 0 Å². The number of ether oxygens (including phenoxy) is 1. The maximum atomic E-state index is 11.9. The third-order valence-corrected chi connectivity index (χ3v) is 3.64. The van der Waals surface area contributed by atoms with Crippen molar-refractivity contribution in [3.63, 3.8) is 0 Å². The molecule has 0 bridgehead atoms. The summed E-state index contributed by atoms with van der Waals surface area (Å²) in [6, 6.07) is 18.4. The summed E-state index contributed by atoms with van der Waals surface area (Å²) in [6.45, 7) is 0. The van der Waals surface area contributed by atoms with Gasteiger partial charge in [-0.2, -0.15) is 0 Å². The van der Waals surface area contributed by atoms with Gasteiger partial charge in [-0.25, -0.2) is 4.79 Å². The van der Waals surface area contributed by atoms with Crippen LogP contribution >= 0.6 is 0 Å². The molecule has 0 aliphatic heterocycles. The number of esters is 1. The number of allylic oxidation sites excluding steroid dienone is 1. The van der Waals surface area contributed by atoms with E-state index in [1.807, 2.05) is 42.5 Å². The van der Waals surface area contributed by atoms with Crippen LogP contribution in [0.4, 0.5) is 0 Å². The van der Waals surface area contributed by atoms with E-state index < -0.39 is 0 Å². The Morgan fingerprint density at radius 2 is 1.71 bits per heavy atom. The summed E-state index contributed by atoms with van der Waals surface area (Å²) in [6.07, 6.45) is 4.60. The van der Waals surface area contributed by atoms with Crippen molar-refractivity contribution in [3.05, 3.63) is 82.9 Å². The number of carbonyl (C=O) groups excluding carboxylic acids is 1. The van der Waals surface area contributed by atoms with Crippen molar-refractivity contribution in [2.45, 2.75) is 6.42 Å². The SMILES string of the molecule is COC(=O)C1=Cc2ccccc2C(c2ccccc2)=CC1. The Morgan fingerprint density at radius 1 is 1.00 bits per heavy atom. The lowest BCUT2D eigenvalue weighted by Crippen LogP contribution is -2.03. The normalized spacial score (nSPS) is 13.6. The van der Waals surface area contributed by atoms with Crippen LogP contribution in [-0.2, 0) is 9.53 Å². The fraction of sp³-hybridized carbons (Fsp3) is 0.105. The lowest BCUT2D eigenvalue weighted by atomic mass is 9.94. The Hall–Kier alpha value is -2.61. The zero-order valence-electron chi connectivity index (χ0n) is 11.9. The molecule has 2 aromatic rings. The molecule has 0 saturated heterocycles. The molecule has 0 radical (unpaired) electrons. The number of methoxy groups -OCH3 is 1. The number of benzene rings is 2. The molecule has 21 heavy (non-hydrogen) atoms. The maximum absolute atomic E-state index is 11.9. The summed E-state index contributed by atoms with van der Waals surface area (Å²) in [5.41, 5.74) is 5.18. The predicted molar refractivity (Wildman–Crippen MR) is 84.6 cm³/mol. The molecule has 1 aliphatic carbocycles. The van der Waals surface area contributed by atoms with Crippen molar-refractivity contribution in [2.75, 3.05) is 7.11 Å². The molecule has 0 amide bonds. The highest BCUT2D eigenvalue weighted by Crippen LogP contribution is 2.32. The van der Waals surface area contributed by atoms with Gasteiger partial charge in [-0.05, 0) is 34.8 Å². The van der Waals surface area contributed by atoms with Gasteiger partial charge in [-0.15, -0.1) is 0 Å². The van der Waals surface area contributed by atoms with Crippen LogP contribution in [0.3, 0.4) is 0 Å². The van der Waals surface area contributed by atoms with E-state index in [-0.39, 0.29) is 5.97 Å². The van der Waals surface area contributed by atoms with Crippen molar-refractivity contribution < 1.29 is 9.53 Å². The lowest BCUT2D eigenvalue weighted by molar-refractivity contribution is -0.136. The van der Waals surface area contributed by atoms with Gasteiger partial charge < -0.3 is 4.74 Å². The molecule has 0 spiro atoms. The van der Waals surface area contributed by atoms with Gasteiger partial charge in [0.15, 0.2) is 0 Å². The van der Waals surface area contributed by atoms with Gasteiger partial charge in [0.1, 0.15) is 0 Å². The van der Waals surface area contributed by atoms with E-state index in [4.69, 9.17) is 4.74 Å². The molecule has 104 valence electrons. The Morgan fingerprint density at radius 3 is 2.48 bits per heavy atom. The average molecular weight is 276 g/mol. The third kappa shape index (κ3) is 2.65. The maximum Gasteiger partial charge on any atom is 0.334 e. The standard InChI is InChI=1S/C19H16O2/c1-21-19(20)16-11-12-18(14-7-3-2-4-8-14)17-10-6-5-9-15(17)13-16/h2-10,12-13H,11H2,1H3. The summed E-state index contributed by atoms with van der Waals surface area (Å²) in [5.74, 6) is -0.268. The molecule has 0 aromatic heterocycles. The Kier molecular flexibility index (Phi) is 3.69. The Balaban J connectivity index is 2.14. The summed E-state index contributed by atoms with van der Waals surface area (Å²) < 4.78 is 4.86. The molecule has 0 atom stereocenters. The van der Waals surface area contributed by atoms with Gasteiger partial charge >= 0.3 is 5.97 Å². The van der Waals surface area contributed by atoms with Crippen LogP contribution in [0, 0.1) is 0 Å². The molecule has 3 rings (SSSR count). The molecule has 0 fully saturated rings. The van der Waals surface area contributed by atoms with Crippen LogP contribution in [0.15, 0.2) is 66.2 Å². The third-order valence-electron chi connectivity index (χ3n) is 3.64. The molecule has 2 heteroatoms. The molecule has 2 nitrogen and oxygen atoms in total. The van der Waals surface area contributed by atoms with Gasteiger partial charge in [-0.1, -0.05) is 60.7 Å². The fourth-order valence-electron chi connectivity index (χ4n) is 2.60. The van der Waals surface area contributed by atoms with E-state index >= 15 is 0 Å². The second-order valence-corrected chi connectivity index (χ2v) is 4.94. The van der Waals surface area contributed by atoms with Gasteiger partial charge in [0.2, 0.25) is 0 Å². The number of carbonyl (C=O) groups is 1. The minimum atomic E-state index is -0.268. The summed E-state index contributed by atoms with van der Waals surface area (Å²) in [4.78, 5) is 11.9. The molecular weight excluding hydrogens is 260 g/mol. The van der Waals surface area contributed by atoms with E-state index in [0.29, 0.717) is 12.0 Å². The number of rotatable bonds is 2. The Labute approximate surface area is 124 Å². The highest BCUT2D eigenvalue weighted by atomic mass is 16.5. The Bertz CT molecular complexity index is 724. The van der Waals surface area contributed by atoms with Gasteiger partial charge in [-0.3, -0.25) is 0 Å². The van der Waals surface area contributed by atoms with Crippen LogP contribution in [0.5, 0.6) is 0 Å².